The fraction of sp³-hybridized carbons (Fsp3) is 0.196. The zero-order valence-corrected chi connectivity index (χ0v) is 36.4. The number of nitrogens with zero attached hydrogens (tertiary/aromatic N) is 2. The molecule has 402 valence electrons. The third-order valence-electron chi connectivity index (χ3n) is 11.0. The Hall–Kier alpha value is -7.23. The lowest BCUT2D eigenvalue weighted by Gasteiger charge is -2.46. The maximum Gasteiger partial charge on any atom is 0.416 e. The summed E-state index contributed by atoms with van der Waals surface area (Å²) in [6.07, 6.45) is -49.9. The number of benzene rings is 5. The highest BCUT2D eigenvalue weighted by Gasteiger charge is 2.47. The Labute approximate surface area is 404 Å². The molecule has 0 saturated heterocycles. The second-order valence-electron chi connectivity index (χ2n) is 16.1. The SMILES string of the molecule is C=C(C(=O)O)c1cncc[n+]1Cc1ccccc1.FC(F)(F)c1cc([B-](c2cc(C(F)(F)F)cc(C(F)(F)F)c2)(c2cc(C(F)(F)F)cc(C(F)(F)F)c2)c2cc(C(F)(F)F)cc(C(F)(F)F)c2)cc(C(F)(F)F)c1. The number of aliphatic carboxylic acids is 1. The second kappa shape index (κ2) is 20.1. The summed E-state index contributed by atoms with van der Waals surface area (Å²) in [6, 6.07) is 1.00. The van der Waals surface area contributed by atoms with Crippen molar-refractivity contribution in [3.8, 4) is 0 Å². The van der Waals surface area contributed by atoms with Gasteiger partial charge in [0.15, 0.2) is 12.7 Å². The van der Waals surface area contributed by atoms with Crippen LogP contribution in [0.3, 0.4) is 0 Å². The van der Waals surface area contributed by atoms with Crippen LogP contribution in [0.2, 0.25) is 0 Å². The van der Waals surface area contributed by atoms with Gasteiger partial charge in [-0.3, -0.25) is 4.98 Å². The molecule has 0 amide bonds. The van der Waals surface area contributed by atoms with Crippen molar-refractivity contribution in [1.29, 1.82) is 0 Å². The molecule has 5 aromatic carbocycles. The lowest BCUT2D eigenvalue weighted by Crippen LogP contribution is -2.75. The van der Waals surface area contributed by atoms with Gasteiger partial charge in [-0.1, -0.05) is 85.4 Å². The fourth-order valence-electron chi connectivity index (χ4n) is 7.74. The summed E-state index contributed by atoms with van der Waals surface area (Å²) >= 11 is 0. The van der Waals surface area contributed by atoms with Gasteiger partial charge in [0.25, 0.3) is 0 Å². The Balaban J connectivity index is 0.000000483. The fourth-order valence-corrected chi connectivity index (χ4v) is 7.74. The number of halogens is 24. The van der Waals surface area contributed by atoms with Crippen molar-refractivity contribution in [3.63, 3.8) is 0 Å². The van der Waals surface area contributed by atoms with E-state index in [1.54, 1.807) is 12.4 Å². The van der Waals surface area contributed by atoms with Crippen LogP contribution in [0.1, 0.15) is 55.8 Å². The Morgan fingerprint density at radius 1 is 0.440 bits per heavy atom. The van der Waals surface area contributed by atoms with Crippen LogP contribution in [0.4, 0.5) is 105 Å². The highest BCUT2D eigenvalue weighted by Crippen LogP contribution is 2.41. The predicted octanol–water partition coefficient (Wildman–Crippen LogP) is 12.7. The molecule has 0 atom stereocenters. The first-order valence-electron chi connectivity index (χ1n) is 20.1. The molecule has 0 saturated carbocycles. The Morgan fingerprint density at radius 2 is 0.693 bits per heavy atom. The molecule has 29 heteroatoms. The van der Waals surface area contributed by atoms with E-state index in [0.29, 0.717) is 12.2 Å². The number of aromatic nitrogens is 2. The monoisotopic (exact) mass is 1100 g/mol. The highest BCUT2D eigenvalue weighted by molar-refractivity contribution is 7.20. The summed E-state index contributed by atoms with van der Waals surface area (Å²) in [7, 11) is 0. The minimum Gasteiger partial charge on any atom is -0.477 e. The van der Waals surface area contributed by atoms with Crippen molar-refractivity contribution in [2.24, 2.45) is 0 Å². The molecule has 75 heavy (non-hydrogen) atoms. The van der Waals surface area contributed by atoms with Crippen molar-refractivity contribution >= 4 is 39.5 Å². The molecule has 0 radical (unpaired) electrons. The van der Waals surface area contributed by atoms with E-state index >= 15 is 0 Å². The van der Waals surface area contributed by atoms with E-state index in [4.69, 9.17) is 5.11 Å². The van der Waals surface area contributed by atoms with Gasteiger partial charge >= 0.3 is 55.4 Å². The summed E-state index contributed by atoms with van der Waals surface area (Å²) < 4.78 is 343. The molecule has 0 fully saturated rings. The first-order valence-corrected chi connectivity index (χ1v) is 20.1. The first kappa shape index (κ1) is 58.7. The number of hydrogen-bond donors (Lipinski definition) is 1. The summed E-state index contributed by atoms with van der Waals surface area (Å²) in [4.78, 5) is 14.9. The van der Waals surface area contributed by atoms with Crippen LogP contribution in [0, 0.1) is 0 Å². The number of hydrogen-bond acceptors (Lipinski definition) is 2. The second-order valence-corrected chi connectivity index (χ2v) is 16.1. The summed E-state index contributed by atoms with van der Waals surface area (Å²) in [6.45, 7) is 4.15. The zero-order chi connectivity index (χ0) is 56.9. The molecule has 6 aromatic rings. The molecule has 0 aliphatic rings. The van der Waals surface area contributed by atoms with Crippen molar-refractivity contribution in [3.05, 3.63) is 184 Å². The number of carboxylic acid groups (broad SMARTS) is 1. The third-order valence-corrected chi connectivity index (χ3v) is 11.0. The molecule has 1 heterocycles. The molecule has 0 spiro atoms. The topological polar surface area (TPSA) is 54.1 Å². The van der Waals surface area contributed by atoms with Crippen LogP contribution >= 0.6 is 0 Å². The van der Waals surface area contributed by atoms with Crippen molar-refractivity contribution < 1.29 is 120 Å². The highest BCUT2D eigenvalue weighted by atomic mass is 19.4. The lowest BCUT2D eigenvalue weighted by molar-refractivity contribution is -0.690. The number of alkyl halides is 24. The maximum atomic E-state index is 14.2. The smallest absolute Gasteiger partial charge is 0.416 e. The van der Waals surface area contributed by atoms with Crippen LogP contribution in [0.25, 0.3) is 5.57 Å². The zero-order valence-electron chi connectivity index (χ0n) is 36.4. The Morgan fingerprint density at radius 3 is 0.920 bits per heavy atom. The van der Waals surface area contributed by atoms with E-state index in [1.165, 1.54) is 6.20 Å². The quantitative estimate of drug-likeness (QED) is 0.0715. The average molecular weight is 1100 g/mol. The van der Waals surface area contributed by atoms with Crippen LogP contribution < -0.4 is 26.4 Å². The maximum absolute atomic E-state index is 14.2. The molecule has 6 rings (SSSR count). The largest absolute Gasteiger partial charge is 0.477 e. The van der Waals surface area contributed by atoms with Gasteiger partial charge in [0, 0.05) is 5.56 Å². The molecule has 1 N–H and O–H groups in total. The van der Waals surface area contributed by atoms with Gasteiger partial charge in [-0.25, -0.2) is 4.79 Å². The van der Waals surface area contributed by atoms with E-state index in [1.807, 2.05) is 34.9 Å². The van der Waals surface area contributed by atoms with Gasteiger partial charge in [0.1, 0.15) is 11.7 Å². The van der Waals surface area contributed by atoms with Crippen molar-refractivity contribution in [2.45, 2.75) is 56.0 Å². The molecular formula is C46H25BF24N2O2. The minimum atomic E-state index is -6.13. The van der Waals surface area contributed by atoms with Crippen molar-refractivity contribution in [1.82, 2.24) is 4.98 Å². The number of carbonyl (C=O) groups is 1. The minimum absolute atomic E-state index is 0.0408. The van der Waals surface area contributed by atoms with Gasteiger partial charge in [-0.05, 0) is 24.3 Å². The van der Waals surface area contributed by atoms with E-state index in [0.717, 1.165) is 5.56 Å². The first-order chi connectivity index (χ1) is 33.9. The standard InChI is InChI=1S/C32H12BF24.C14H12N2O2/c34-25(35,36)13-1-14(26(37,38)39)6-21(5-13)33(22-7-15(27(40,41)42)2-16(8-22)28(43,44)45,23-9-17(29(46,47)48)3-18(10-23)30(49,50)51)24-11-19(31(52,53)54)4-20(12-24)32(55,56)57;1-11(14(17)18)13-9-15-7-8-16(13)10-12-5-3-2-4-6-12/h1-12H;2-9H,1,10H2/q-1;/p+1. The van der Waals surface area contributed by atoms with Gasteiger partial charge in [0.05, 0.1) is 56.9 Å². The van der Waals surface area contributed by atoms with E-state index < -0.39 is 201 Å². The molecule has 0 aliphatic heterocycles. The molecule has 1 aromatic heterocycles. The van der Waals surface area contributed by atoms with Gasteiger partial charge < -0.3 is 5.11 Å². The summed E-state index contributed by atoms with van der Waals surface area (Å²) in [5.41, 5.74) is -28.6. The molecular weight excluding hydrogens is 1080 g/mol. The van der Waals surface area contributed by atoms with E-state index in [-0.39, 0.29) is 5.57 Å². The number of carboxylic acids is 1. The third kappa shape index (κ3) is 13.6. The van der Waals surface area contributed by atoms with Crippen LogP contribution in [-0.2, 0) is 60.7 Å². The van der Waals surface area contributed by atoms with E-state index in [9.17, 15) is 110 Å². The predicted molar refractivity (Wildman–Crippen MR) is 217 cm³/mol. The average Bonchev–Trinajstić information content (AvgIpc) is 3.27. The normalized spacial score (nSPS) is 13.3. The Kier molecular flexibility index (Phi) is 15.8. The Bertz CT molecular complexity index is 2640. The van der Waals surface area contributed by atoms with Crippen molar-refractivity contribution in [2.75, 3.05) is 0 Å². The van der Waals surface area contributed by atoms with Crippen LogP contribution in [-0.4, -0.2) is 22.2 Å². The summed E-state index contributed by atoms with van der Waals surface area (Å²) in [5, 5.41) is 8.99. The van der Waals surface area contributed by atoms with E-state index in [2.05, 4.69) is 11.6 Å². The van der Waals surface area contributed by atoms with Crippen LogP contribution in [0.15, 0.2) is 128 Å². The number of rotatable bonds is 8. The van der Waals surface area contributed by atoms with Gasteiger partial charge in [0.2, 0.25) is 5.69 Å². The molecule has 0 unspecified atom stereocenters. The van der Waals surface area contributed by atoms with Gasteiger partial charge in [-0.2, -0.15) is 132 Å². The summed E-state index contributed by atoms with van der Waals surface area (Å²) in [5.74, 6) is -1.04. The molecule has 0 aliphatic carbocycles. The molecule has 0 bridgehead atoms. The van der Waals surface area contributed by atoms with Gasteiger partial charge in [-0.15, -0.1) is 0 Å². The van der Waals surface area contributed by atoms with Crippen LogP contribution in [0.5, 0.6) is 0 Å². The lowest BCUT2D eigenvalue weighted by atomic mass is 9.12. The molecule has 4 nitrogen and oxygen atoms in total.